The number of carbonyl (C=O) groups excluding carboxylic acids is 2. The molecule has 0 saturated carbocycles. The van der Waals surface area contributed by atoms with E-state index in [1.165, 1.54) is 6.26 Å². The molecule has 2 N–H and O–H groups in total. The van der Waals surface area contributed by atoms with Crippen LogP contribution in [0.15, 0.2) is 108 Å². The van der Waals surface area contributed by atoms with Gasteiger partial charge in [0.2, 0.25) is 0 Å². The van der Waals surface area contributed by atoms with E-state index < -0.39 is 0 Å². The van der Waals surface area contributed by atoms with Crippen LogP contribution in [-0.4, -0.2) is 25.0 Å². The minimum atomic E-state index is -0.285. The van der Waals surface area contributed by atoms with Gasteiger partial charge in [0.25, 0.3) is 5.91 Å². The van der Waals surface area contributed by atoms with Crippen LogP contribution in [0.4, 0.5) is 16.2 Å². The van der Waals surface area contributed by atoms with E-state index in [0.717, 1.165) is 5.75 Å². The quantitative estimate of drug-likeness (QED) is 0.306. The predicted octanol–water partition coefficient (Wildman–Crippen LogP) is 5.93. The van der Waals surface area contributed by atoms with Gasteiger partial charge in [-0.3, -0.25) is 9.69 Å². The predicted molar refractivity (Wildman–Crippen MR) is 131 cm³/mol. The third kappa shape index (κ3) is 6.26. The van der Waals surface area contributed by atoms with Crippen molar-refractivity contribution in [3.8, 4) is 11.5 Å². The molecule has 4 aromatic rings. The number of hydrogen-bond donors (Lipinski definition) is 2. The number of para-hydroxylation sites is 2. The second kappa shape index (κ2) is 11.4. The first-order chi connectivity index (χ1) is 16.7. The molecule has 1 heterocycles. The molecule has 172 valence electrons. The maximum absolute atomic E-state index is 13.1. The SMILES string of the molecule is O=C(NCCCN(C(=O)Nc1ccccc1)c1ccc(Oc2ccccc2)cc1)c1ccco1. The van der Waals surface area contributed by atoms with Crippen LogP contribution in [0.2, 0.25) is 0 Å². The number of furan rings is 1. The smallest absolute Gasteiger partial charge is 0.326 e. The molecule has 7 heteroatoms. The minimum Gasteiger partial charge on any atom is -0.459 e. The fraction of sp³-hybridized carbons (Fsp3) is 0.111. The molecule has 3 aromatic carbocycles. The largest absolute Gasteiger partial charge is 0.459 e. The normalized spacial score (nSPS) is 10.4. The molecular weight excluding hydrogens is 430 g/mol. The fourth-order valence-corrected chi connectivity index (χ4v) is 3.31. The summed E-state index contributed by atoms with van der Waals surface area (Å²) in [6.07, 6.45) is 2.01. The number of ether oxygens (including phenoxy) is 1. The number of amides is 3. The van der Waals surface area contributed by atoms with Crippen LogP contribution in [-0.2, 0) is 0 Å². The molecule has 0 radical (unpaired) electrons. The Kier molecular flexibility index (Phi) is 7.58. The highest BCUT2D eigenvalue weighted by molar-refractivity contribution is 6.01. The van der Waals surface area contributed by atoms with E-state index in [2.05, 4.69) is 10.6 Å². The van der Waals surface area contributed by atoms with Gasteiger partial charge in [-0.1, -0.05) is 36.4 Å². The molecule has 0 aliphatic heterocycles. The number of hydrogen-bond acceptors (Lipinski definition) is 4. The molecule has 0 unspecified atom stereocenters. The van der Waals surface area contributed by atoms with Gasteiger partial charge < -0.3 is 19.8 Å². The standard InChI is InChI=1S/C27H25N3O4/c31-26(25-13-7-20-33-25)28-18-8-19-30(27(32)29-21-9-3-1-4-10-21)22-14-16-24(17-15-22)34-23-11-5-2-6-12-23/h1-7,9-17,20H,8,18-19H2,(H,28,31)(H,29,32). The Bertz CT molecular complexity index is 1180. The Morgan fingerprint density at radius 1 is 0.794 bits per heavy atom. The van der Waals surface area contributed by atoms with E-state index >= 15 is 0 Å². The highest BCUT2D eigenvalue weighted by Crippen LogP contribution is 2.25. The van der Waals surface area contributed by atoms with E-state index in [9.17, 15) is 9.59 Å². The van der Waals surface area contributed by atoms with Crippen molar-refractivity contribution in [3.63, 3.8) is 0 Å². The van der Waals surface area contributed by atoms with Gasteiger partial charge in [0.1, 0.15) is 11.5 Å². The Hall–Kier alpha value is -4.52. The molecular formula is C27H25N3O4. The molecule has 7 nitrogen and oxygen atoms in total. The average molecular weight is 456 g/mol. The molecule has 0 bridgehead atoms. The van der Waals surface area contributed by atoms with Crippen molar-refractivity contribution in [1.29, 1.82) is 0 Å². The molecule has 0 atom stereocenters. The third-order valence-corrected chi connectivity index (χ3v) is 4.99. The second-order valence-corrected chi connectivity index (χ2v) is 7.44. The third-order valence-electron chi connectivity index (χ3n) is 4.99. The number of benzene rings is 3. The maximum Gasteiger partial charge on any atom is 0.326 e. The lowest BCUT2D eigenvalue weighted by molar-refractivity contribution is 0.0926. The summed E-state index contributed by atoms with van der Waals surface area (Å²) in [5, 5.41) is 5.73. The van der Waals surface area contributed by atoms with Gasteiger partial charge in [-0.25, -0.2) is 4.79 Å². The van der Waals surface area contributed by atoms with Crippen LogP contribution in [0.25, 0.3) is 0 Å². The van der Waals surface area contributed by atoms with Crippen molar-refractivity contribution in [3.05, 3.63) is 109 Å². The molecule has 1 aromatic heterocycles. The Balaban J connectivity index is 1.41. The van der Waals surface area contributed by atoms with Crippen LogP contribution in [0.3, 0.4) is 0 Å². The average Bonchev–Trinajstić information content (AvgIpc) is 3.41. The highest BCUT2D eigenvalue weighted by Gasteiger charge is 2.16. The summed E-state index contributed by atoms with van der Waals surface area (Å²) in [5.41, 5.74) is 1.42. The van der Waals surface area contributed by atoms with Gasteiger partial charge in [0.05, 0.1) is 6.26 Å². The van der Waals surface area contributed by atoms with Crippen molar-refractivity contribution in [2.45, 2.75) is 6.42 Å². The van der Waals surface area contributed by atoms with Crippen molar-refractivity contribution in [2.75, 3.05) is 23.3 Å². The first-order valence-corrected chi connectivity index (χ1v) is 11.0. The van der Waals surface area contributed by atoms with Crippen molar-refractivity contribution in [1.82, 2.24) is 5.32 Å². The summed E-state index contributed by atoms with van der Waals surface area (Å²) in [6.45, 7) is 0.792. The molecule has 34 heavy (non-hydrogen) atoms. The first kappa shape index (κ1) is 22.7. The number of anilines is 2. The molecule has 0 aliphatic carbocycles. The monoisotopic (exact) mass is 455 g/mol. The lowest BCUT2D eigenvalue weighted by atomic mass is 10.2. The molecule has 0 spiro atoms. The maximum atomic E-state index is 13.1. The van der Waals surface area contributed by atoms with Gasteiger partial charge in [-0.2, -0.15) is 0 Å². The summed E-state index contributed by atoms with van der Waals surface area (Å²) in [5.74, 6) is 1.38. The summed E-state index contributed by atoms with van der Waals surface area (Å²) in [6, 6.07) is 29.1. The minimum absolute atomic E-state index is 0.257. The van der Waals surface area contributed by atoms with Crippen molar-refractivity contribution < 1.29 is 18.7 Å². The zero-order chi connectivity index (χ0) is 23.6. The van der Waals surface area contributed by atoms with Crippen LogP contribution in [0.1, 0.15) is 17.0 Å². The number of nitrogens with zero attached hydrogens (tertiary/aromatic N) is 1. The van der Waals surface area contributed by atoms with E-state index in [-0.39, 0.29) is 17.7 Å². The van der Waals surface area contributed by atoms with Crippen LogP contribution < -0.4 is 20.3 Å². The second-order valence-electron chi connectivity index (χ2n) is 7.44. The topological polar surface area (TPSA) is 83.8 Å². The van der Waals surface area contributed by atoms with Gasteiger partial charge in [-0.05, 0) is 67.1 Å². The van der Waals surface area contributed by atoms with E-state index in [4.69, 9.17) is 9.15 Å². The lowest BCUT2D eigenvalue weighted by Gasteiger charge is -2.23. The fourth-order valence-electron chi connectivity index (χ4n) is 3.31. The molecule has 0 fully saturated rings. The Morgan fingerprint density at radius 2 is 1.47 bits per heavy atom. The van der Waals surface area contributed by atoms with Crippen molar-refractivity contribution >= 4 is 23.3 Å². The summed E-state index contributed by atoms with van der Waals surface area (Å²) < 4.78 is 11.0. The summed E-state index contributed by atoms with van der Waals surface area (Å²) in [4.78, 5) is 26.8. The number of urea groups is 1. The number of rotatable bonds is 9. The number of nitrogens with one attached hydrogen (secondary N) is 2. The number of carbonyl (C=O) groups is 2. The molecule has 4 rings (SSSR count). The molecule has 0 saturated heterocycles. The zero-order valence-electron chi connectivity index (χ0n) is 18.5. The van der Waals surface area contributed by atoms with E-state index in [1.54, 1.807) is 17.0 Å². The van der Waals surface area contributed by atoms with E-state index in [0.29, 0.717) is 36.6 Å². The first-order valence-electron chi connectivity index (χ1n) is 11.0. The molecule has 3 amide bonds. The zero-order valence-corrected chi connectivity index (χ0v) is 18.5. The van der Waals surface area contributed by atoms with Crippen LogP contribution in [0, 0.1) is 0 Å². The van der Waals surface area contributed by atoms with Crippen LogP contribution >= 0.6 is 0 Å². The van der Waals surface area contributed by atoms with Crippen molar-refractivity contribution in [2.24, 2.45) is 0 Å². The van der Waals surface area contributed by atoms with Gasteiger partial charge in [0, 0.05) is 24.5 Å². The summed E-state index contributed by atoms with van der Waals surface area (Å²) >= 11 is 0. The van der Waals surface area contributed by atoms with Gasteiger partial charge in [0.15, 0.2) is 5.76 Å². The van der Waals surface area contributed by atoms with E-state index in [1.807, 2.05) is 84.9 Å². The Morgan fingerprint density at radius 3 is 2.15 bits per heavy atom. The van der Waals surface area contributed by atoms with Crippen LogP contribution in [0.5, 0.6) is 11.5 Å². The Labute approximate surface area is 198 Å². The molecule has 0 aliphatic rings. The van der Waals surface area contributed by atoms with Gasteiger partial charge in [-0.15, -0.1) is 0 Å². The highest BCUT2D eigenvalue weighted by atomic mass is 16.5. The van der Waals surface area contributed by atoms with Gasteiger partial charge >= 0.3 is 6.03 Å². The lowest BCUT2D eigenvalue weighted by Crippen LogP contribution is -2.37. The summed E-state index contributed by atoms with van der Waals surface area (Å²) in [7, 11) is 0.